The molecule has 0 fully saturated rings. The molecule has 0 aliphatic rings. The van der Waals surface area contributed by atoms with Gasteiger partial charge in [0.2, 0.25) is 10.0 Å². The molecule has 2 rings (SSSR count). The number of aryl methyl sites for hydroxylation is 1. The Hall–Kier alpha value is -2.17. The summed E-state index contributed by atoms with van der Waals surface area (Å²) in [6, 6.07) is 7.86. The fourth-order valence-electron chi connectivity index (χ4n) is 1.71. The van der Waals surface area contributed by atoms with Crippen molar-refractivity contribution in [3.63, 3.8) is 0 Å². The number of sulfonamides is 1. The summed E-state index contributed by atoms with van der Waals surface area (Å²) in [7, 11) is -3.57. The highest BCUT2D eigenvalue weighted by Crippen LogP contribution is 2.10. The van der Waals surface area contributed by atoms with Gasteiger partial charge in [-0.05, 0) is 24.6 Å². The predicted molar refractivity (Wildman–Crippen MR) is 73.3 cm³/mol. The van der Waals surface area contributed by atoms with Crippen molar-refractivity contribution in [2.45, 2.75) is 17.7 Å². The number of hydrogen-bond donors (Lipinski definition) is 2. The number of nitriles is 1. The molecule has 0 saturated heterocycles. The summed E-state index contributed by atoms with van der Waals surface area (Å²) in [5.41, 5.74) is 0.323. The zero-order valence-corrected chi connectivity index (χ0v) is 11.5. The van der Waals surface area contributed by atoms with Crippen LogP contribution in [0.3, 0.4) is 0 Å². The zero-order valence-electron chi connectivity index (χ0n) is 10.7. The molecule has 7 heteroatoms. The molecular formula is C13H14N4O2S. The topological polar surface area (TPSA) is 98.6 Å². The van der Waals surface area contributed by atoms with Gasteiger partial charge >= 0.3 is 0 Å². The number of aromatic nitrogens is 2. The van der Waals surface area contributed by atoms with Gasteiger partial charge in [-0.2, -0.15) is 5.26 Å². The van der Waals surface area contributed by atoms with Gasteiger partial charge in [-0.1, -0.05) is 6.07 Å². The predicted octanol–water partition coefficient (Wildman–Crippen LogP) is 1.19. The number of H-pyrrole nitrogens is 1. The third-order valence-electron chi connectivity index (χ3n) is 2.71. The van der Waals surface area contributed by atoms with E-state index in [0.717, 1.165) is 5.82 Å². The van der Waals surface area contributed by atoms with Crippen LogP contribution < -0.4 is 4.72 Å². The minimum Gasteiger partial charge on any atom is -0.349 e. The van der Waals surface area contributed by atoms with Crippen molar-refractivity contribution in [3.8, 4) is 6.07 Å². The highest BCUT2D eigenvalue weighted by Gasteiger charge is 2.13. The number of nitrogens with one attached hydrogen (secondary N) is 2. The van der Waals surface area contributed by atoms with E-state index >= 15 is 0 Å². The fourth-order valence-corrected chi connectivity index (χ4v) is 2.83. The first-order chi connectivity index (χ1) is 9.62. The number of nitrogens with zero attached hydrogens (tertiary/aromatic N) is 2. The SMILES string of the molecule is N#Cc1cccc(S(=O)(=O)NCCCc2ncc[nH]2)c1. The maximum absolute atomic E-state index is 12.0. The van der Waals surface area contributed by atoms with Gasteiger partial charge < -0.3 is 4.98 Å². The number of benzene rings is 1. The highest BCUT2D eigenvalue weighted by molar-refractivity contribution is 7.89. The van der Waals surface area contributed by atoms with Gasteiger partial charge in [0, 0.05) is 25.4 Å². The Morgan fingerprint density at radius 2 is 2.25 bits per heavy atom. The normalized spacial score (nSPS) is 11.2. The van der Waals surface area contributed by atoms with Crippen LogP contribution in [-0.2, 0) is 16.4 Å². The first kappa shape index (κ1) is 14.2. The smallest absolute Gasteiger partial charge is 0.240 e. The molecule has 6 nitrogen and oxygen atoms in total. The van der Waals surface area contributed by atoms with Crippen LogP contribution in [0.5, 0.6) is 0 Å². The lowest BCUT2D eigenvalue weighted by molar-refractivity contribution is 0.578. The first-order valence-corrected chi connectivity index (χ1v) is 7.58. The summed E-state index contributed by atoms with van der Waals surface area (Å²) in [4.78, 5) is 7.13. The summed E-state index contributed by atoms with van der Waals surface area (Å²) < 4.78 is 26.5. The van der Waals surface area contributed by atoms with Crippen molar-refractivity contribution in [2.24, 2.45) is 0 Å². The Morgan fingerprint density at radius 1 is 1.40 bits per heavy atom. The molecule has 1 aromatic carbocycles. The fraction of sp³-hybridized carbons (Fsp3) is 0.231. The van der Waals surface area contributed by atoms with Gasteiger partial charge in [0.15, 0.2) is 0 Å². The third kappa shape index (κ3) is 3.66. The van der Waals surface area contributed by atoms with E-state index in [0.29, 0.717) is 24.9 Å². The summed E-state index contributed by atoms with van der Waals surface area (Å²) in [6.07, 6.45) is 4.71. The number of hydrogen-bond acceptors (Lipinski definition) is 4. The van der Waals surface area contributed by atoms with E-state index in [4.69, 9.17) is 5.26 Å². The van der Waals surface area contributed by atoms with Crippen LogP contribution in [0, 0.1) is 11.3 Å². The number of rotatable bonds is 6. The lowest BCUT2D eigenvalue weighted by Crippen LogP contribution is -2.25. The Kier molecular flexibility index (Phi) is 4.50. The third-order valence-corrected chi connectivity index (χ3v) is 4.17. The second-order valence-electron chi connectivity index (χ2n) is 4.18. The van der Waals surface area contributed by atoms with Crippen molar-refractivity contribution in [1.29, 1.82) is 5.26 Å². The van der Waals surface area contributed by atoms with Crippen molar-refractivity contribution in [3.05, 3.63) is 48.0 Å². The van der Waals surface area contributed by atoms with Crippen LogP contribution in [0.25, 0.3) is 0 Å². The quantitative estimate of drug-likeness (QED) is 0.781. The van der Waals surface area contributed by atoms with Gasteiger partial charge in [-0.25, -0.2) is 18.1 Å². The second kappa shape index (κ2) is 6.32. The van der Waals surface area contributed by atoms with Gasteiger partial charge in [-0.15, -0.1) is 0 Å². The van der Waals surface area contributed by atoms with Crippen LogP contribution in [-0.4, -0.2) is 24.9 Å². The molecule has 20 heavy (non-hydrogen) atoms. The van der Waals surface area contributed by atoms with Gasteiger partial charge in [-0.3, -0.25) is 0 Å². The van der Waals surface area contributed by atoms with E-state index in [2.05, 4.69) is 14.7 Å². The van der Waals surface area contributed by atoms with Gasteiger partial charge in [0.1, 0.15) is 5.82 Å². The average molecular weight is 290 g/mol. The second-order valence-corrected chi connectivity index (χ2v) is 5.94. The lowest BCUT2D eigenvalue weighted by Gasteiger charge is -2.06. The molecular weight excluding hydrogens is 276 g/mol. The largest absolute Gasteiger partial charge is 0.349 e. The van der Waals surface area contributed by atoms with Crippen LogP contribution in [0.2, 0.25) is 0 Å². The minimum atomic E-state index is -3.57. The summed E-state index contributed by atoms with van der Waals surface area (Å²) in [5, 5.41) is 8.77. The molecule has 0 spiro atoms. The number of imidazole rings is 1. The molecule has 0 amide bonds. The van der Waals surface area contributed by atoms with E-state index in [1.54, 1.807) is 24.5 Å². The van der Waals surface area contributed by atoms with Crippen molar-refractivity contribution in [1.82, 2.24) is 14.7 Å². The molecule has 0 saturated carbocycles. The Labute approximate surface area is 117 Å². The molecule has 0 radical (unpaired) electrons. The van der Waals surface area contributed by atoms with E-state index in [-0.39, 0.29) is 4.90 Å². The highest BCUT2D eigenvalue weighted by atomic mass is 32.2. The van der Waals surface area contributed by atoms with Crippen LogP contribution >= 0.6 is 0 Å². The molecule has 0 unspecified atom stereocenters. The molecule has 0 aliphatic carbocycles. The van der Waals surface area contributed by atoms with E-state index in [1.807, 2.05) is 6.07 Å². The average Bonchev–Trinajstić information content (AvgIpc) is 2.97. The van der Waals surface area contributed by atoms with E-state index < -0.39 is 10.0 Å². The van der Waals surface area contributed by atoms with Crippen molar-refractivity contribution < 1.29 is 8.42 Å². The van der Waals surface area contributed by atoms with Crippen LogP contribution in [0.4, 0.5) is 0 Å². The van der Waals surface area contributed by atoms with E-state index in [1.165, 1.54) is 12.1 Å². The zero-order chi connectivity index (χ0) is 14.4. The summed E-state index contributed by atoms with van der Waals surface area (Å²) >= 11 is 0. The molecule has 0 aliphatic heterocycles. The Morgan fingerprint density at radius 3 is 2.95 bits per heavy atom. The standard InChI is InChI=1S/C13H14N4O2S/c14-10-11-3-1-4-12(9-11)20(18,19)17-6-2-5-13-15-7-8-16-13/h1,3-4,7-9,17H,2,5-6H2,(H,15,16). The van der Waals surface area contributed by atoms with Crippen LogP contribution in [0.1, 0.15) is 17.8 Å². The van der Waals surface area contributed by atoms with E-state index in [9.17, 15) is 8.42 Å². The monoisotopic (exact) mass is 290 g/mol. The first-order valence-electron chi connectivity index (χ1n) is 6.10. The summed E-state index contributed by atoms with van der Waals surface area (Å²) in [6.45, 7) is 0.319. The Bertz CT molecular complexity index is 702. The lowest BCUT2D eigenvalue weighted by atomic mass is 10.2. The molecule has 2 N–H and O–H groups in total. The van der Waals surface area contributed by atoms with Crippen molar-refractivity contribution in [2.75, 3.05) is 6.54 Å². The van der Waals surface area contributed by atoms with Gasteiger partial charge in [0.05, 0.1) is 16.5 Å². The molecule has 1 heterocycles. The van der Waals surface area contributed by atoms with Crippen LogP contribution in [0.15, 0.2) is 41.6 Å². The molecule has 0 bridgehead atoms. The van der Waals surface area contributed by atoms with Crippen molar-refractivity contribution >= 4 is 10.0 Å². The molecule has 0 atom stereocenters. The molecule has 1 aromatic heterocycles. The van der Waals surface area contributed by atoms with Gasteiger partial charge in [0.25, 0.3) is 0 Å². The Balaban J connectivity index is 1.92. The maximum atomic E-state index is 12.0. The maximum Gasteiger partial charge on any atom is 0.240 e. The molecule has 2 aromatic rings. The minimum absolute atomic E-state index is 0.106. The molecule has 104 valence electrons. The number of aromatic amines is 1. The summed E-state index contributed by atoms with van der Waals surface area (Å²) in [5.74, 6) is 0.829.